The predicted molar refractivity (Wildman–Crippen MR) is 95.0 cm³/mol. The summed E-state index contributed by atoms with van der Waals surface area (Å²) in [5, 5.41) is 16.7. The van der Waals surface area contributed by atoms with Crippen molar-refractivity contribution in [2.45, 2.75) is 45.0 Å². The number of rotatable bonds is 7. The molecule has 2 atom stereocenters. The summed E-state index contributed by atoms with van der Waals surface area (Å²) in [6, 6.07) is 3.46. The molecule has 0 saturated carbocycles. The highest BCUT2D eigenvalue weighted by Gasteiger charge is 2.26. The maximum Gasteiger partial charge on any atom is 0.191 e. The third-order valence-electron chi connectivity index (χ3n) is 3.20. The minimum Gasteiger partial charge on any atom is -0.466 e. The first-order chi connectivity index (χ1) is 10.7. The molecule has 23 heavy (non-hydrogen) atoms. The summed E-state index contributed by atoms with van der Waals surface area (Å²) in [6.45, 7) is 10.9. The smallest absolute Gasteiger partial charge is 0.191 e. The molecular weight excluding hydrogens is 314 g/mol. The Morgan fingerprint density at radius 3 is 2.57 bits per heavy atom. The standard InChI is InChI=1S/C16H29N3O3S/c1-6-17-14(18-9-11-23(21)15(2,3)4)19-12-16(5,20)13-8-7-10-22-13/h7-8,10,20H,6,9,11-12H2,1-5H3,(H2,17,18,19). The second-order valence-corrected chi connectivity index (χ2v) is 8.86. The number of aliphatic imine (C=N–C) groups is 1. The van der Waals surface area contributed by atoms with E-state index in [9.17, 15) is 9.32 Å². The van der Waals surface area contributed by atoms with Crippen molar-refractivity contribution in [1.82, 2.24) is 10.6 Å². The molecule has 0 saturated heterocycles. The lowest BCUT2D eigenvalue weighted by molar-refractivity contribution is 0.0437. The highest BCUT2D eigenvalue weighted by atomic mass is 32.2. The monoisotopic (exact) mass is 343 g/mol. The van der Waals surface area contributed by atoms with Crippen molar-refractivity contribution in [3.8, 4) is 0 Å². The molecule has 1 aromatic rings. The van der Waals surface area contributed by atoms with Crippen LogP contribution >= 0.6 is 0 Å². The molecule has 1 rings (SSSR count). The summed E-state index contributed by atoms with van der Waals surface area (Å²) < 4.78 is 17.1. The Labute approximate surface area is 141 Å². The van der Waals surface area contributed by atoms with Crippen LogP contribution in [0.4, 0.5) is 0 Å². The average Bonchev–Trinajstić information content (AvgIpc) is 2.98. The predicted octanol–water partition coefficient (Wildman–Crippen LogP) is 1.59. The Bertz CT molecular complexity index is 519. The molecule has 0 amide bonds. The maximum absolute atomic E-state index is 12.0. The summed E-state index contributed by atoms with van der Waals surface area (Å²) in [5.41, 5.74) is -1.17. The molecule has 0 bridgehead atoms. The Hall–Kier alpha value is -1.34. The van der Waals surface area contributed by atoms with Gasteiger partial charge in [0.05, 0.1) is 12.8 Å². The Morgan fingerprint density at radius 1 is 1.35 bits per heavy atom. The normalized spacial score (nSPS) is 16.7. The SMILES string of the molecule is CCNC(=NCC(C)(O)c1ccco1)NCCS(=O)C(C)(C)C. The number of nitrogens with zero attached hydrogens (tertiary/aromatic N) is 1. The minimum absolute atomic E-state index is 0.165. The zero-order valence-corrected chi connectivity index (χ0v) is 15.5. The highest BCUT2D eigenvalue weighted by molar-refractivity contribution is 7.86. The molecular formula is C16H29N3O3S. The van der Waals surface area contributed by atoms with E-state index in [1.165, 1.54) is 6.26 Å². The van der Waals surface area contributed by atoms with Crippen LogP contribution in [0.25, 0.3) is 0 Å². The van der Waals surface area contributed by atoms with Crippen LogP contribution in [0.15, 0.2) is 27.8 Å². The highest BCUT2D eigenvalue weighted by Crippen LogP contribution is 2.21. The third-order valence-corrected chi connectivity index (χ3v) is 5.15. The Balaban J connectivity index is 2.58. The fraction of sp³-hybridized carbons (Fsp3) is 0.688. The maximum atomic E-state index is 12.0. The van der Waals surface area contributed by atoms with Crippen molar-refractivity contribution < 1.29 is 13.7 Å². The second kappa shape index (κ2) is 8.49. The number of furan rings is 1. The van der Waals surface area contributed by atoms with Gasteiger partial charge in [-0.05, 0) is 46.8 Å². The topological polar surface area (TPSA) is 86.9 Å². The lowest BCUT2D eigenvalue weighted by atomic mass is 10.0. The average molecular weight is 343 g/mol. The molecule has 0 fully saturated rings. The molecule has 0 aromatic carbocycles. The van der Waals surface area contributed by atoms with Crippen LogP contribution in [0.1, 0.15) is 40.4 Å². The van der Waals surface area contributed by atoms with E-state index in [-0.39, 0.29) is 11.3 Å². The van der Waals surface area contributed by atoms with Crippen LogP contribution in [-0.2, 0) is 16.4 Å². The molecule has 0 aliphatic rings. The van der Waals surface area contributed by atoms with Crippen LogP contribution in [0.5, 0.6) is 0 Å². The molecule has 7 heteroatoms. The number of hydrogen-bond donors (Lipinski definition) is 3. The Morgan fingerprint density at radius 2 is 2.04 bits per heavy atom. The summed E-state index contributed by atoms with van der Waals surface area (Å²) in [7, 11) is -0.913. The van der Waals surface area contributed by atoms with Gasteiger partial charge in [-0.25, -0.2) is 4.99 Å². The van der Waals surface area contributed by atoms with Crippen molar-refractivity contribution >= 4 is 16.8 Å². The first kappa shape index (κ1) is 19.7. The van der Waals surface area contributed by atoms with Crippen molar-refractivity contribution in [2.24, 2.45) is 4.99 Å². The fourth-order valence-corrected chi connectivity index (χ4v) is 2.71. The minimum atomic E-state index is -1.17. The zero-order valence-electron chi connectivity index (χ0n) is 14.7. The number of guanidine groups is 1. The van der Waals surface area contributed by atoms with E-state index in [2.05, 4.69) is 15.6 Å². The Kier molecular flexibility index (Phi) is 7.28. The molecule has 0 aliphatic heterocycles. The van der Waals surface area contributed by atoms with E-state index in [0.29, 0.717) is 30.6 Å². The number of nitrogens with one attached hydrogen (secondary N) is 2. The number of aliphatic hydroxyl groups is 1. The van der Waals surface area contributed by atoms with Crippen LogP contribution < -0.4 is 10.6 Å². The van der Waals surface area contributed by atoms with E-state index >= 15 is 0 Å². The van der Waals surface area contributed by atoms with Crippen LogP contribution in [-0.4, -0.2) is 45.4 Å². The van der Waals surface area contributed by atoms with Crippen LogP contribution in [0.3, 0.4) is 0 Å². The molecule has 1 heterocycles. The fourth-order valence-electron chi connectivity index (χ4n) is 1.81. The van der Waals surface area contributed by atoms with E-state index in [1.807, 2.05) is 27.7 Å². The lowest BCUT2D eigenvalue weighted by Gasteiger charge is -2.20. The molecule has 2 unspecified atom stereocenters. The molecule has 0 spiro atoms. The summed E-state index contributed by atoms with van der Waals surface area (Å²) >= 11 is 0. The van der Waals surface area contributed by atoms with Crippen molar-refractivity contribution in [3.05, 3.63) is 24.2 Å². The van der Waals surface area contributed by atoms with Crippen molar-refractivity contribution in [3.63, 3.8) is 0 Å². The first-order valence-corrected chi connectivity index (χ1v) is 9.15. The summed E-state index contributed by atoms with van der Waals surface area (Å²) in [6.07, 6.45) is 1.53. The molecule has 6 nitrogen and oxygen atoms in total. The quantitative estimate of drug-likeness (QED) is 0.517. The molecule has 0 aliphatic carbocycles. The zero-order chi connectivity index (χ0) is 17.5. The first-order valence-electron chi connectivity index (χ1n) is 7.84. The van der Waals surface area contributed by atoms with E-state index in [4.69, 9.17) is 4.42 Å². The van der Waals surface area contributed by atoms with E-state index in [1.54, 1.807) is 19.1 Å². The molecule has 3 N–H and O–H groups in total. The van der Waals surface area contributed by atoms with Gasteiger partial charge in [0.15, 0.2) is 5.96 Å². The van der Waals surface area contributed by atoms with Gasteiger partial charge in [0.2, 0.25) is 0 Å². The van der Waals surface area contributed by atoms with Gasteiger partial charge in [-0.2, -0.15) is 0 Å². The molecule has 0 radical (unpaired) electrons. The van der Waals surface area contributed by atoms with Gasteiger partial charge in [-0.1, -0.05) is 0 Å². The largest absolute Gasteiger partial charge is 0.466 e. The summed E-state index contributed by atoms with van der Waals surface area (Å²) in [5.74, 6) is 1.61. The van der Waals surface area contributed by atoms with Gasteiger partial charge in [-0.3, -0.25) is 4.21 Å². The molecule has 132 valence electrons. The van der Waals surface area contributed by atoms with E-state index < -0.39 is 16.4 Å². The van der Waals surface area contributed by atoms with Gasteiger partial charge < -0.3 is 20.2 Å². The van der Waals surface area contributed by atoms with E-state index in [0.717, 1.165) is 0 Å². The van der Waals surface area contributed by atoms with Gasteiger partial charge in [-0.15, -0.1) is 0 Å². The lowest BCUT2D eigenvalue weighted by Crippen LogP contribution is -2.41. The third kappa shape index (κ3) is 6.74. The summed E-state index contributed by atoms with van der Waals surface area (Å²) in [4.78, 5) is 4.39. The second-order valence-electron chi connectivity index (χ2n) is 6.54. The van der Waals surface area contributed by atoms with Crippen LogP contribution in [0.2, 0.25) is 0 Å². The van der Waals surface area contributed by atoms with Gasteiger partial charge in [0.25, 0.3) is 0 Å². The molecule has 1 aromatic heterocycles. The van der Waals surface area contributed by atoms with Gasteiger partial charge in [0, 0.05) is 34.4 Å². The number of hydrogen-bond acceptors (Lipinski definition) is 4. The van der Waals surface area contributed by atoms with Gasteiger partial charge >= 0.3 is 0 Å². The van der Waals surface area contributed by atoms with Crippen LogP contribution in [0, 0.1) is 0 Å². The van der Waals surface area contributed by atoms with Gasteiger partial charge in [0.1, 0.15) is 11.4 Å². The van der Waals surface area contributed by atoms with Crippen molar-refractivity contribution in [2.75, 3.05) is 25.4 Å². The van der Waals surface area contributed by atoms with Crippen molar-refractivity contribution in [1.29, 1.82) is 0 Å².